The molecule has 5 nitrogen and oxygen atoms in total. The van der Waals surface area contributed by atoms with Gasteiger partial charge in [0.1, 0.15) is 0 Å². The van der Waals surface area contributed by atoms with Crippen molar-refractivity contribution in [2.45, 2.75) is 6.04 Å². The Morgan fingerprint density at radius 2 is 1.74 bits per heavy atom. The van der Waals surface area contributed by atoms with Crippen LogP contribution >= 0.6 is 0 Å². The van der Waals surface area contributed by atoms with Crippen LogP contribution in [0.3, 0.4) is 0 Å². The van der Waals surface area contributed by atoms with Crippen molar-refractivity contribution in [1.29, 1.82) is 0 Å². The van der Waals surface area contributed by atoms with Gasteiger partial charge in [0.15, 0.2) is 0 Å². The van der Waals surface area contributed by atoms with E-state index in [1.54, 1.807) is 18.4 Å². The van der Waals surface area contributed by atoms with Crippen molar-refractivity contribution in [2.75, 3.05) is 21.3 Å². The van der Waals surface area contributed by atoms with Gasteiger partial charge in [-0.2, -0.15) is 0 Å². The molecule has 0 aromatic heterocycles. The average Bonchev–Trinajstić information content (AvgIpc) is 2.57. The van der Waals surface area contributed by atoms with E-state index in [0.717, 1.165) is 11.1 Å². The Labute approximate surface area is 135 Å². The fourth-order valence-corrected chi connectivity index (χ4v) is 2.56. The summed E-state index contributed by atoms with van der Waals surface area (Å²) < 4.78 is 9.63. The Kier molecular flexibility index (Phi) is 5.01. The van der Waals surface area contributed by atoms with Crippen LogP contribution in [0.15, 0.2) is 54.3 Å². The number of carbonyl (C=O) groups excluding carboxylic acids is 2. The van der Waals surface area contributed by atoms with Crippen molar-refractivity contribution in [3.8, 4) is 0 Å². The summed E-state index contributed by atoms with van der Waals surface area (Å²) in [5.41, 5.74) is 2.09. The molecule has 1 aliphatic heterocycles. The number of likely N-dealkylation sites (N-methyl/N-ethyl adjacent to an activating group) is 1. The normalized spacial score (nSPS) is 17.0. The maximum absolute atomic E-state index is 12.2. The predicted octanol–water partition coefficient (Wildman–Crippen LogP) is 2.47. The molecule has 2 rings (SSSR count). The monoisotopic (exact) mass is 313 g/mol. The van der Waals surface area contributed by atoms with Crippen LogP contribution in [0.25, 0.3) is 6.08 Å². The van der Waals surface area contributed by atoms with Gasteiger partial charge in [-0.05, 0) is 17.2 Å². The number of rotatable bonds is 3. The molecule has 0 spiro atoms. The predicted molar refractivity (Wildman–Crippen MR) is 87.2 cm³/mol. The van der Waals surface area contributed by atoms with E-state index in [9.17, 15) is 9.59 Å². The minimum atomic E-state index is -0.601. The second-order valence-electron chi connectivity index (χ2n) is 5.06. The number of ether oxygens (including phenoxy) is 2. The summed E-state index contributed by atoms with van der Waals surface area (Å²) >= 11 is 0. The highest BCUT2D eigenvalue weighted by atomic mass is 16.5. The Morgan fingerprint density at radius 1 is 1.13 bits per heavy atom. The van der Waals surface area contributed by atoms with E-state index < -0.39 is 11.9 Å². The lowest BCUT2D eigenvalue weighted by Crippen LogP contribution is -2.24. The van der Waals surface area contributed by atoms with Crippen LogP contribution in [-0.4, -0.2) is 38.1 Å². The first kappa shape index (κ1) is 16.5. The molecule has 1 aliphatic rings. The third kappa shape index (κ3) is 3.18. The van der Waals surface area contributed by atoms with Crippen LogP contribution in [0, 0.1) is 0 Å². The third-order valence-corrected chi connectivity index (χ3v) is 3.71. The van der Waals surface area contributed by atoms with Gasteiger partial charge in [-0.15, -0.1) is 6.58 Å². The van der Waals surface area contributed by atoms with Crippen molar-refractivity contribution in [3.63, 3.8) is 0 Å². The van der Waals surface area contributed by atoms with Crippen LogP contribution in [-0.2, 0) is 19.1 Å². The van der Waals surface area contributed by atoms with Crippen molar-refractivity contribution in [2.24, 2.45) is 0 Å². The van der Waals surface area contributed by atoms with Crippen LogP contribution in [0.1, 0.15) is 17.2 Å². The number of fused-ring (bicyclic) bond motifs is 1. The molecule has 1 aromatic rings. The number of carbonyl (C=O) groups is 2. The minimum absolute atomic E-state index is 0.138. The SMILES string of the molecule is C=CC1c2ccccc2C=C(C(=O)OC)C(C(=O)OC)=CN1C. The topological polar surface area (TPSA) is 55.8 Å². The summed E-state index contributed by atoms with van der Waals surface area (Å²) in [6.45, 7) is 3.87. The number of esters is 2. The lowest BCUT2D eigenvalue weighted by molar-refractivity contribution is -0.139. The average molecular weight is 313 g/mol. The number of hydrogen-bond acceptors (Lipinski definition) is 5. The summed E-state index contributed by atoms with van der Waals surface area (Å²) in [5.74, 6) is -1.20. The van der Waals surface area contributed by atoms with E-state index in [0.29, 0.717) is 0 Å². The summed E-state index contributed by atoms with van der Waals surface area (Å²) in [4.78, 5) is 26.1. The highest BCUT2D eigenvalue weighted by Crippen LogP contribution is 2.31. The number of nitrogens with zero attached hydrogens (tertiary/aromatic N) is 1. The zero-order chi connectivity index (χ0) is 17.0. The van der Waals surface area contributed by atoms with Gasteiger partial charge >= 0.3 is 11.9 Å². The maximum Gasteiger partial charge on any atom is 0.340 e. The molecule has 23 heavy (non-hydrogen) atoms. The molecular weight excluding hydrogens is 294 g/mol. The Balaban J connectivity index is 2.75. The largest absolute Gasteiger partial charge is 0.465 e. The molecule has 1 heterocycles. The van der Waals surface area contributed by atoms with Gasteiger partial charge in [-0.25, -0.2) is 9.59 Å². The first-order chi connectivity index (χ1) is 11.0. The Hall–Kier alpha value is -2.82. The van der Waals surface area contributed by atoms with Crippen LogP contribution < -0.4 is 0 Å². The van der Waals surface area contributed by atoms with Crippen molar-refractivity contribution >= 4 is 18.0 Å². The maximum atomic E-state index is 12.2. The van der Waals surface area contributed by atoms with Crippen molar-refractivity contribution < 1.29 is 19.1 Å². The van der Waals surface area contributed by atoms with Gasteiger partial charge in [0.25, 0.3) is 0 Å². The summed E-state index contributed by atoms with van der Waals surface area (Å²) in [6.07, 6.45) is 5.01. The van der Waals surface area contributed by atoms with Crippen molar-refractivity contribution in [1.82, 2.24) is 4.90 Å². The molecule has 0 saturated heterocycles. The van der Waals surface area contributed by atoms with Gasteiger partial charge < -0.3 is 14.4 Å². The smallest absolute Gasteiger partial charge is 0.340 e. The number of hydrogen-bond donors (Lipinski definition) is 0. The summed E-state index contributed by atoms with van der Waals surface area (Å²) in [6, 6.07) is 7.49. The van der Waals surface area contributed by atoms with E-state index >= 15 is 0 Å². The summed E-state index contributed by atoms with van der Waals surface area (Å²) in [7, 11) is 4.36. The number of methoxy groups -OCH3 is 2. The molecule has 0 radical (unpaired) electrons. The fraction of sp³-hybridized carbons (Fsp3) is 0.222. The molecule has 0 N–H and O–H groups in total. The van der Waals surface area contributed by atoms with E-state index in [4.69, 9.17) is 9.47 Å². The molecule has 0 aliphatic carbocycles. The Bertz CT molecular complexity index is 703. The molecule has 120 valence electrons. The van der Waals surface area contributed by atoms with Gasteiger partial charge in [0.2, 0.25) is 0 Å². The highest BCUT2D eigenvalue weighted by molar-refractivity contribution is 6.10. The second kappa shape index (κ2) is 6.96. The van der Waals surface area contributed by atoms with E-state index in [-0.39, 0.29) is 17.2 Å². The molecule has 0 fully saturated rings. The summed E-state index contributed by atoms with van der Waals surface area (Å²) in [5, 5.41) is 0. The molecule has 1 atom stereocenters. The molecule has 0 bridgehead atoms. The first-order valence-electron chi connectivity index (χ1n) is 7.07. The van der Waals surface area contributed by atoms with Crippen LogP contribution in [0.2, 0.25) is 0 Å². The van der Waals surface area contributed by atoms with E-state index in [2.05, 4.69) is 6.58 Å². The Morgan fingerprint density at radius 3 is 2.35 bits per heavy atom. The van der Waals surface area contributed by atoms with Gasteiger partial charge in [-0.1, -0.05) is 30.3 Å². The fourth-order valence-electron chi connectivity index (χ4n) is 2.56. The molecule has 1 unspecified atom stereocenters. The molecular formula is C18H19NO4. The zero-order valence-electron chi connectivity index (χ0n) is 13.4. The van der Waals surface area contributed by atoms with E-state index in [1.165, 1.54) is 14.2 Å². The molecule has 1 aromatic carbocycles. The molecule has 0 amide bonds. The zero-order valence-corrected chi connectivity index (χ0v) is 13.4. The molecule has 0 saturated carbocycles. The lowest BCUT2D eigenvalue weighted by Gasteiger charge is -2.28. The van der Waals surface area contributed by atoms with Gasteiger partial charge in [0.05, 0.1) is 31.4 Å². The third-order valence-electron chi connectivity index (χ3n) is 3.71. The minimum Gasteiger partial charge on any atom is -0.465 e. The molecule has 5 heteroatoms. The first-order valence-corrected chi connectivity index (χ1v) is 7.07. The van der Waals surface area contributed by atoms with Gasteiger partial charge in [0, 0.05) is 13.2 Å². The number of benzene rings is 1. The van der Waals surface area contributed by atoms with E-state index in [1.807, 2.05) is 36.2 Å². The highest BCUT2D eigenvalue weighted by Gasteiger charge is 2.27. The van der Waals surface area contributed by atoms with Crippen molar-refractivity contribution in [3.05, 3.63) is 65.4 Å². The van der Waals surface area contributed by atoms with Gasteiger partial charge in [-0.3, -0.25) is 0 Å². The van der Waals surface area contributed by atoms with Crippen LogP contribution in [0.4, 0.5) is 0 Å². The second-order valence-corrected chi connectivity index (χ2v) is 5.06. The van der Waals surface area contributed by atoms with Crippen LogP contribution in [0.5, 0.6) is 0 Å². The lowest BCUT2D eigenvalue weighted by atomic mass is 9.93. The quantitative estimate of drug-likeness (QED) is 0.634. The standard InChI is InChI=1S/C18H19NO4/c1-5-16-13-9-7-6-8-12(13)10-14(17(20)22-3)15(11-19(16)2)18(21)23-4/h5-11,16H,1H2,2-4H3.